The molecule has 1 aromatic carbocycles. The van der Waals surface area contributed by atoms with Crippen LogP contribution in [0.4, 0.5) is 0 Å². The second-order valence-corrected chi connectivity index (χ2v) is 6.23. The van der Waals surface area contributed by atoms with Crippen LogP contribution in [0.2, 0.25) is 5.02 Å². The van der Waals surface area contributed by atoms with Crippen molar-refractivity contribution in [3.05, 3.63) is 40.4 Å². The molecule has 0 bridgehead atoms. The first-order valence-corrected chi connectivity index (χ1v) is 7.69. The van der Waals surface area contributed by atoms with Crippen molar-refractivity contribution in [2.24, 2.45) is 0 Å². The lowest BCUT2D eigenvalue weighted by molar-refractivity contribution is -0.132. The predicted octanol–water partition coefficient (Wildman–Crippen LogP) is 2.77. The number of carboxylic acids is 1. The Bertz CT molecular complexity index is 517. The molecule has 0 radical (unpaired) electrons. The number of halogens is 1. The molecule has 0 saturated heterocycles. The average Bonchev–Trinajstić information content (AvgIpc) is 2.28. The molecule has 0 atom stereocenters. The van der Waals surface area contributed by atoms with E-state index < -0.39 is 13.6 Å². The van der Waals surface area contributed by atoms with Gasteiger partial charge in [-0.3, -0.25) is 4.57 Å². The van der Waals surface area contributed by atoms with Crippen molar-refractivity contribution < 1.29 is 24.3 Å². The fourth-order valence-electron chi connectivity index (χ4n) is 1.48. The molecule has 5 nitrogen and oxygen atoms in total. The van der Waals surface area contributed by atoms with Crippen LogP contribution in [0.1, 0.15) is 18.4 Å². The first kappa shape index (κ1) is 15.9. The first-order chi connectivity index (χ1) is 8.78. The molecule has 0 aliphatic heterocycles. The van der Waals surface area contributed by atoms with E-state index >= 15 is 0 Å². The van der Waals surface area contributed by atoms with Crippen LogP contribution < -0.4 is 0 Å². The third-order valence-electron chi connectivity index (χ3n) is 2.38. The molecule has 104 valence electrons. The number of aliphatic carboxylic acids is 1. The minimum Gasteiger partial charge on any atom is -0.478 e. The van der Waals surface area contributed by atoms with Gasteiger partial charge in [0.15, 0.2) is 0 Å². The molecule has 0 spiro atoms. The van der Waals surface area contributed by atoms with Gasteiger partial charge in [-0.1, -0.05) is 23.7 Å². The monoisotopic (exact) mass is 304 g/mol. The van der Waals surface area contributed by atoms with Gasteiger partial charge < -0.3 is 14.9 Å². The van der Waals surface area contributed by atoms with Gasteiger partial charge in [-0.25, -0.2) is 4.79 Å². The van der Waals surface area contributed by atoms with Crippen LogP contribution in [0.25, 0.3) is 6.08 Å². The zero-order valence-corrected chi connectivity index (χ0v) is 11.6. The number of carboxylic acid groups (broad SMARTS) is 1. The largest absolute Gasteiger partial charge is 0.478 e. The molecule has 3 N–H and O–H groups in total. The normalized spacial score (nSPS) is 12.5. The van der Waals surface area contributed by atoms with Crippen molar-refractivity contribution in [3.63, 3.8) is 0 Å². The van der Waals surface area contributed by atoms with Gasteiger partial charge in [-0.2, -0.15) is 0 Å². The van der Waals surface area contributed by atoms with E-state index in [9.17, 15) is 9.36 Å². The molecule has 0 heterocycles. The first-order valence-electron chi connectivity index (χ1n) is 5.52. The van der Waals surface area contributed by atoms with Crippen LogP contribution in [-0.4, -0.2) is 27.0 Å². The van der Waals surface area contributed by atoms with Crippen molar-refractivity contribution in [1.82, 2.24) is 0 Å². The Balaban J connectivity index is 2.75. The maximum absolute atomic E-state index is 11.0. The molecule has 0 unspecified atom stereocenters. The molecular weight excluding hydrogens is 291 g/mol. The number of rotatable bonds is 6. The summed E-state index contributed by atoms with van der Waals surface area (Å²) in [6.07, 6.45) is 1.37. The van der Waals surface area contributed by atoms with Crippen LogP contribution in [0, 0.1) is 0 Å². The van der Waals surface area contributed by atoms with Gasteiger partial charge in [0, 0.05) is 10.6 Å². The van der Waals surface area contributed by atoms with E-state index in [1.807, 2.05) is 0 Å². The van der Waals surface area contributed by atoms with Gasteiger partial charge in [0.25, 0.3) is 0 Å². The summed E-state index contributed by atoms with van der Waals surface area (Å²) >= 11 is 5.72. The summed E-state index contributed by atoms with van der Waals surface area (Å²) in [5, 5.41) is 9.58. The predicted molar refractivity (Wildman–Crippen MR) is 73.2 cm³/mol. The van der Waals surface area contributed by atoms with E-state index in [1.54, 1.807) is 24.3 Å². The fraction of sp³-hybridized carbons (Fsp3) is 0.250. The SMILES string of the molecule is O=C(O)/C(=C/c1ccc(Cl)cc1)CCCP(=O)(O)O. The Hall–Kier alpha value is -1.13. The van der Waals surface area contributed by atoms with Crippen molar-refractivity contribution in [1.29, 1.82) is 0 Å². The van der Waals surface area contributed by atoms with E-state index in [0.717, 1.165) is 0 Å². The second kappa shape index (κ2) is 6.87. The Morgan fingerprint density at radius 3 is 2.32 bits per heavy atom. The minimum atomic E-state index is -4.08. The molecule has 0 aliphatic rings. The molecule has 0 amide bonds. The lowest BCUT2D eigenvalue weighted by Crippen LogP contribution is -2.02. The van der Waals surface area contributed by atoms with Crippen molar-refractivity contribution >= 4 is 31.2 Å². The lowest BCUT2D eigenvalue weighted by atomic mass is 10.1. The average molecular weight is 305 g/mol. The lowest BCUT2D eigenvalue weighted by Gasteiger charge is -2.05. The fourth-order valence-corrected chi connectivity index (χ4v) is 2.17. The van der Waals surface area contributed by atoms with E-state index in [-0.39, 0.29) is 24.6 Å². The zero-order chi connectivity index (χ0) is 14.5. The summed E-state index contributed by atoms with van der Waals surface area (Å²) in [6.45, 7) is 0. The topological polar surface area (TPSA) is 94.8 Å². The molecule has 7 heteroatoms. The molecule has 1 aromatic rings. The van der Waals surface area contributed by atoms with Gasteiger partial charge in [0.2, 0.25) is 0 Å². The number of carbonyl (C=O) groups is 1. The quantitative estimate of drug-likeness (QED) is 0.555. The Kier molecular flexibility index (Phi) is 5.76. The molecule has 0 aliphatic carbocycles. The van der Waals surface area contributed by atoms with Gasteiger partial charge >= 0.3 is 13.6 Å². The van der Waals surface area contributed by atoms with E-state index in [1.165, 1.54) is 6.08 Å². The second-order valence-electron chi connectivity index (χ2n) is 4.02. The molecule has 0 saturated carbocycles. The van der Waals surface area contributed by atoms with Crippen LogP contribution in [0.5, 0.6) is 0 Å². The smallest absolute Gasteiger partial charge is 0.331 e. The molecule has 19 heavy (non-hydrogen) atoms. The number of hydrogen-bond donors (Lipinski definition) is 3. The van der Waals surface area contributed by atoms with Gasteiger partial charge in [0.1, 0.15) is 0 Å². The summed E-state index contributed by atoms with van der Waals surface area (Å²) in [6, 6.07) is 6.63. The van der Waals surface area contributed by atoms with E-state index in [4.69, 9.17) is 26.5 Å². The Morgan fingerprint density at radius 1 is 1.26 bits per heavy atom. The van der Waals surface area contributed by atoms with Crippen LogP contribution in [0.15, 0.2) is 29.8 Å². The molecule has 0 aromatic heterocycles. The molecule has 1 rings (SSSR count). The summed E-state index contributed by atoms with van der Waals surface area (Å²) in [5.74, 6) is -1.10. The highest BCUT2D eigenvalue weighted by atomic mass is 35.5. The number of benzene rings is 1. The van der Waals surface area contributed by atoms with Crippen LogP contribution >= 0.6 is 19.2 Å². The van der Waals surface area contributed by atoms with Gasteiger partial charge in [-0.15, -0.1) is 0 Å². The maximum Gasteiger partial charge on any atom is 0.331 e. The Labute approximate surface area is 115 Å². The summed E-state index contributed by atoms with van der Waals surface area (Å²) in [7, 11) is -4.08. The van der Waals surface area contributed by atoms with Crippen LogP contribution in [0.3, 0.4) is 0 Å². The Morgan fingerprint density at radius 2 is 1.84 bits per heavy atom. The van der Waals surface area contributed by atoms with Crippen molar-refractivity contribution in [2.45, 2.75) is 12.8 Å². The maximum atomic E-state index is 11.0. The van der Waals surface area contributed by atoms with E-state index in [2.05, 4.69) is 0 Å². The summed E-state index contributed by atoms with van der Waals surface area (Å²) in [4.78, 5) is 28.5. The van der Waals surface area contributed by atoms with Crippen LogP contribution in [-0.2, 0) is 9.36 Å². The highest BCUT2D eigenvalue weighted by Crippen LogP contribution is 2.35. The standard InChI is InChI=1S/C12H14ClO5P/c13-11-5-3-9(4-6-11)8-10(12(14)15)2-1-7-19(16,17)18/h3-6,8H,1-2,7H2,(H,14,15)(H2,16,17,18)/b10-8+. The zero-order valence-electron chi connectivity index (χ0n) is 9.99. The third kappa shape index (κ3) is 6.55. The van der Waals surface area contributed by atoms with E-state index in [0.29, 0.717) is 10.6 Å². The minimum absolute atomic E-state index is 0.100. The summed E-state index contributed by atoms with van der Waals surface area (Å²) < 4.78 is 10.7. The number of hydrogen-bond acceptors (Lipinski definition) is 2. The highest BCUT2D eigenvalue weighted by Gasteiger charge is 2.14. The van der Waals surface area contributed by atoms with Crippen molar-refractivity contribution in [2.75, 3.05) is 6.16 Å². The highest BCUT2D eigenvalue weighted by molar-refractivity contribution is 7.51. The third-order valence-corrected chi connectivity index (χ3v) is 3.53. The van der Waals surface area contributed by atoms with Gasteiger partial charge in [0.05, 0.1) is 6.16 Å². The van der Waals surface area contributed by atoms with Gasteiger partial charge in [-0.05, 0) is 36.6 Å². The molecular formula is C12H14ClO5P. The summed E-state index contributed by atoms with van der Waals surface area (Å²) in [5.41, 5.74) is 0.786. The molecule has 0 fully saturated rings. The van der Waals surface area contributed by atoms with Crippen molar-refractivity contribution in [3.8, 4) is 0 Å².